The van der Waals surface area contributed by atoms with E-state index in [1.54, 1.807) is 0 Å². The summed E-state index contributed by atoms with van der Waals surface area (Å²) < 4.78 is 11.7. The Morgan fingerprint density at radius 2 is 2.21 bits per heavy atom. The Labute approximate surface area is 113 Å². The minimum atomic E-state index is -0.0750. The van der Waals surface area contributed by atoms with Gasteiger partial charge in [-0.25, -0.2) is 0 Å². The lowest BCUT2D eigenvalue weighted by Gasteiger charge is -2.43. The van der Waals surface area contributed by atoms with E-state index in [4.69, 9.17) is 14.6 Å². The first-order valence-electron chi connectivity index (χ1n) is 7.15. The second-order valence-corrected chi connectivity index (χ2v) is 5.55. The normalized spacial score (nSPS) is 24.8. The molecule has 104 valence electrons. The van der Waals surface area contributed by atoms with Gasteiger partial charge in [0.25, 0.3) is 0 Å². The first-order chi connectivity index (χ1) is 9.33. The van der Waals surface area contributed by atoms with Crippen molar-refractivity contribution in [1.29, 1.82) is 0 Å². The number of ether oxygens (including phenoxy) is 2. The van der Waals surface area contributed by atoms with Gasteiger partial charge in [-0.2, -0.15) is 0 Å². The number of nitrogens with zero attached hydrogens (tertiary/aromatic N) is 1. The number of fused-ring (bicyclic) bond motifs is 1. The summed E-state index contributed by atoms with van der Waals surface area (Å²) in [6.45, 7) is 1.81. The van der Waals surface area contributed by atoms with Crippen molar-refractivity contribution in [2.45, 2.75) is 43.6 Å². The molecule has 19 heavy (non-hydrogen) atoms. The van der Waals surface area contributed by atoms with Gasteiger partial charge in [-0.1, -0.05) is 0 Å². The average Bonchev–Trinajstić information content (AvgIpc) is 2.45. The summed E-state index contributed by atoms with van der Waals surface area (Å²) in [5.41, 5.74) is 0.988. The van der Waals surface area contributed by atoms with E-state index in [0.717, 1.165) is 56.8 Å². The van der Waals surface area contributed by atoms with E-state index < -0.39 is 0 Å². The number of aliphatic hydroxyl groups is 1. The molecule has 0 aliphatic carbocycles. The maximum atomic E-state index is 9.08. The van der Waals surface area contributed by atoms with E-state index in [2.05, 4.69) is 4.98 Å². The smallest absolute Gasteiger partial charge is 0.141 e. The second-order valence-electron chi connectivity index (χ2n) is 5.55. The molecule has 2 aliphatic heterocycles. The van der Waals surface area contributed by atoms with Gasteiger partial charge in [0.2, 0.25) is 0 Å². The lowest BCUT2D eigenvalue weighted by atomic mass is 9.78. The van der Waals surface area contributed by atoms with Crippen molar-refractivity contribution in [1.82, 2.24) is 4.98 Å². The van der Waals surface area contributed by atoms with Crippen LogP contribution in [0, 0.1) is 0 Å². The number of aliphatic hydroxyl groups excluding tert-OH is 1. The van der Waals surface area contributed by atoms with Crippen molar-refractivity contribution in [3.8, 4) is 5.75 Å². The lowest BCUT2D eigenvalue weighted by Crippen LogP contribution is -2.45. The first-order valence-corrected chi connectivity index (χ1v) is 7.15. The molecule has 1 fully saturated rings. The van der Waals surface area contributed by atoms with Crippen molar-refractivity contribution >= 4 is 0 Å². The standard InChI is InChI=1S/C15H21NO3/c17-8-2-3-12-11-15(5-9-18-10-6-15)19-13-4-1-7-16-14(12)13/h1,4,7,12,17H,2-3,5-6,8-11H2. The number of rotatable bonds is 3. The molecule has 4 heteroatoms. The van der Waals surface area contributed by atoms with Gasteiger partial charge in [0.15, 0.2) is 0 Å². The highest BCUT2D eigenvalue weighted by molar-refractivity contribution is 5.33. The molecule has 2 aliphatic rings. The van der Waals surface area contributed by atoms with E-state index in [-0.39, 0.29) is 12.2 Å². The van der Waals surface area contributed by atoms with E-state index in [9.17, 15) is 0 Å². The van der Waals surface area contributed by atoms with Crippen molar-refractivity contribution in [2.24, 2.45) is 0 Å². The highest BCUT2D eigenvalue weighted by Crippen LogP contribution is 2.45. The molecule has 3 heterocycles. The molecule has 4 nitrogen and oxygen atoms in total. The molecule has 0 amide bonds. The van der Waals surface area contributed by atoms with Gasteiger partial charge < -0.3 is 14.6 Å². The van der Waals surface area contributed by atoms with Crippen LogP contribution >= 0.6 is 0 Å². The van der Waals surface area contributed by atoms with Gasteiger partial charge in [-0.3, -0.25) is 4.98 Å². The fraction of sp³-hybridized carbons (Fsp3) is 0.667. The van der Waals surface area contributed by atoms with Gasteiger partial charge in [-0.05, 0) is 31.4 Å². The van der Waals surface area contributed by atoms with Crippen molar-refractivity contribution in [3.63, 3.8) is 0 Å². The van der Waals surface area contributed by atoms with E-state index in [0.29, 0.717) is 5.92 Å². The molecule has 0 radical (unpaired) electrons. The fourth-order valence-electron chi connectivity index (χ4n) is 3.24. The topological polar surface area (TPSA) is 51.6 Å². The molecular formula is C15H21NO3. The summed E-state index contributed by atoms with van der Waals surface area (Å²) in [6.07, 6.45) is 6.55. The van der Waals surface area contributed by atoms with Crippen LogP contribution in [0.1, 0.15) is 43.7 Å². The predicted octanol–water partition coefficient (Wildman–Crippen LogP) is 2.27. The number of hydrogen-bond donors (Lipinski definition) is 1. The maximum Gasteiger partial charge on any atom is 0.141 e. The van der Waals surface area contributed by atoms with Gasteiger partial charge in [0.05, 0.1) is 18.9 Å². The SMILES string of the molecule is OCCCC1CC2(CCOCC2)Oc2cccnc21. The van der Waals surface area contributed by atoms with Crippen LogP contribution < -0.4 is 4.74 Å². The zero-order valence-corrected chi connectivity index (χ0v) is 11.2. The molecule has 0 aromatic carbocycles. The Morgan fingerprint density at radius 1 is 1.37 bits per heavy atom. The Bertz CT molecular complexity index is 429. The Balaban J connectivity index is 1.86. The first kappa shape index (κ1) is 12.9. The van der Waals surface area contributed by atoms with Crippen LogP contribution in [-0.4, -0.2) is 35.5 Å². The highest BCUT2D eigenvalue weighted by Gasteiger charge is 2.42. The van der Waals surface area contributed by atoms with Crippen LogP contribution in [0.15, 0.2) is 18.3 Å². The Kier molecular flexibility index (Phi) is 3.71. The average molecular weight is 263 g/mol. The number of aromatic nitrogens is 1. The molecule has 1 N–H and O–H groups in total. The van der Waals surface area contributed by atoms with E-state index in [1.165, 1.54) is 0 Å². The van der Waals surface area contributed by atoms with Crippen LogP contribution in [0.3, 0.4) is 0 Å². The third-order valence-corrected chi connectivity index (χ3v) is 4.25. The minimum Gasteiger partial charge on any atom is -0.485 e. The molecule has 1 aromatic rings. The molecule has 0 bridgehead atoms. The summed E-state index contributed by atoms with van der Waals surface area (Å²) >= 11 is 0. The summed E-state index contributed by atoms with van der Waals surface area (Å²) in [6, 6.07) is 3.95. The maximum absolute atomic E-state index is 9.08. The van der Waals surface area contributed by atoms with Crippen molar-refractivity contribution < 1.29 is 14.6 Å². The molecule has 1 atom stereocenters. The van der Waals surface area contributed by atoms with Gasteiger partial charge >= 0.3 is 0 Å². The second kappa shape index (κ2) is 5.47. The number of pyridine rings is 1. The van der Waals surface area contributed by atoms with Crippen molar-refractivity contribution in [3.05, 3.63) is 24.0 Å². The molecular weight excluding hydrogens is 242 g/mol. The molecule has 1 aromatic heterocycles. The Hall–Kier alpha value is -1.13. The zero-order valence-electron chi connectivity index (χ0n) is 11.2. The summed E-state index contributed by atoms with van der Waals surface area (Å²) in [7, 11) is 0. The molecule has 1 saturated heterocycles. The minimum absolute atomic E-state index is 0.0750. The summed E-state index contributed by atoms with van der Waals surface area (Å²) in [4.78, 5) is 4.49. The van der Waals surface area contributed by atoms with Crippen LogP contribution in [0.5, 0.6) is 5.75 Å². The van der Waals surface area contributed by atoms with E-state index in [1.807, 2.05) is 18.3 Å². The third-order valence-electron chi connectivity index (χ3n) is 4.25. The molecule has 1 spiro atoms. The monoisotopic (exact) mass is 263 g/mol. The molecule has 1 unspecified atom stereocenters. The molecule has 0 saturated carbocycles. The molecule has 3 rings (SSSR count). The van der Waals surface area contributed by atoms with E-state index >= 15 is 0 Å². The van der Waals surface area contributed by atoms with Crippen LogP contribution in [0.4, 0.5) is 0 Å². The number of hydrogen-bond acceptors (Lipinski definition) is 4. The zero-order chi connectivity index (χ0) is 13.1. The van der Waals surface area contributed by atoms with Gasteiger partial charge in [0, 0.05) is 31.6 Å². The van der Waals surface area contributed by atoms with Gasteiger partial charge in [-0.15, -0.1) is 0 Å². The fourth-order valence-corrected chi connectivity index (χ4v) is 3.24. The van der Waals surface area contributed by atoms with Crippen LogP contribution in [0.2, 0.25) is 0 Å². The highest BCUT2D eigenvalue weighted by atomic mass is 16.5. The lowest BCUT2D eigenvalue weighted by molar-refractivity contribution is -0.0639. The van der Waals surface area contributed by atoms with Gasteiger partial charge in [0.1, 0.15) is 11.4 Å². The predicted molar refractivity (Wildman–Crippen MR) is 71.3 cm³/mol. The van der Waals surface area contributed by atoms with Crippen LogP contribution in [-0.2, 0) is 4.74 Å². The summed E-state index contributed by atoms with van der Waals surface area (Å²) in [5, 5.41) is 9.08. The largest absolute Gasteiger partial charge is 0.485 e. The third kappa shape index (κ3) is 2.60. The Morgan fingerprint density at radius 3 is 3.00 bits per heavy atom. The summed E-state index contributed by atoms with van der Waals surface area (Å²) in [5.74, 6) is 1.33. The van der Waals surface area contributed by atoms with Crippen LogP contribution in [0.25, 0.3) is 0 Å². The quantitative estimate of drug-likeness (QED) is 0.909. The van der Waals surface area contributed by atoms with Crippen molar-refractivity contribution in [2.75, 3.05) is 19.8 Å².